The van der Waals surface area contributed by atoms with Gasteiger partial charge in [0.05, 0.1) is 6.54 Å². The molecule has 2 rings (SSSR count). The number of hydrogen-bond acceptors (Lipinski definition) is 5. The van der Waals surface area contributed by atoms with E-state index in [1.165, 1.54) is 4.88 Å². The third-order valence-electron chi connectivity index (χ3n) is 1.91. The molecule has 0 saturated heterocycles. The van der Waals surface area contributed by atoms with Crippen LogP contribution in [0.4, 0.5) is 11.9 Å². The van der Waals surface area contributed by atoms with Crippen molar-refractivity contribution < 1.29 is 0 Å². The molecule has 14 heavy (non-hydrogen) atoms. The maximum absolute atomic E-state index is 5.54. The molecule has 0 spiro atoms. The largest absolute Gasteiger partial charge is 0.368 e. The molecule has 74 valence electrons. The number of nitrogens with two attached hydrogens (primary N) is 1. The maximum Gasteiger partial charge on any atom is 0.226 e. The number of thiophene rings is 1. The van der Waals surface area contributed by atoms with Crippen LogP contribution in [0.3, 0.4) is 0 Å². The van der Waals surface area contributed by atoms with Gasteiger partial charge in [0.25, 0.3) is 0 Å². The molecule has 0 bridgehead atoms. The average molecular weight is 209 g/mol. The van der Waals surface area contributed by atoms with Gasteiger partial charge in [-0.3, -0.25) is 4.57 Å². The van der Waals surface area contributed by atoms with E-state index >= 15 is 0 Å². The molecule has 2 aromatic rings. The fraction of sp³-hybridized carbons (Fsp3) is 0.250. The maximum atomic E-state index is 5.54. The Kier molecular flexibility index (Phi) is 2.36. The molecule has 0 atom stereocenters. The second-order valence-electron chi connectivity index (χ2n) is 2.87. The lowest BCUT2D eigenvalue weighted by atomic mass is 10.5. The number of rotatable bonds is 3. The SMILES string of the molecule is Cn1c(N)nnc1NCc1cccs1. The summed E-state index contributed by atoms with van der Waals surface area (Å²) in [4.78, 5) is 1.26. The lowest BCUT2D eigenvalue weighted by molar-refractivity contribution is 0.912. The molecule has 0 amide bonds. The van der Waals surface area contributed by atoms with Gasteiger partial charge in [-0.2, -0.15) is 0 Å². The van der Waals surface area contributed by atoms with Crippen LogP contribution in [0, 0.1) is 0 Å². The van der Waals surface area contributed by atoms with Crippen molar-refractivity contribution in [3.63, 3.8) is 0 Å². The second-order valence-corrected chi connectivity index (χ2v) is 3.91. The summed E-state index contributed by atoms with van der Waals surface area (Å²) in [6.45, 7) is 0.754. The molecule has 0 aromatic carbocycles. The quantitative estimate of drug-likeness (QED) is 0.793. The molecular weight excluding hydrogens is 198 g/mol. The van der Waals surface area contributed by atoms with Gasteiger partial charge in [-0.05, 0) is 11.4 Å². The van der Waals surface area contributed by atoms with E-state index in [1.54, 1.807) is 15.9 Å². The Hall–Kier alpha value is -1.56. The van der Waals surface area contributed by atoms with E-state index in [-0.39, 0.29) is 0 Å². The summed E-state index contributed by atoms with van der Waals surface area (Å²) in [6, 6.07) is 4.09. The fourth-order valence-electron chi connectivity index (χ4n) is 1.07. The summed E-state index contributed by atoms with van der Waals surface area (Å²) in [7, 11) is 1.83. The minimum atomic E-state index is 0.415. The molecule has 2 aromatic heterocycles. The van der Waals surface area contributed by atoms with E-state index in [4.69, 9.17) is 5.73 Å². The first-order valence-corrected chi connectivity index (χ1v) is 5.06. The molecule has 0 aliphatic rings. The van der Waals surface area contributed by atoms with Crippen LogP contribution in [-0.4, -0.2) is 14.8 Å². The third-order valence-corrected chi connectivity index (χ3v) is 2.79. The lowest BCUT2D eigenvalue weighted by Gasteiger charge is -2.02. The van der Waals surface area contributed by atoms with Crippen molar-refractivity contribution >= 4 is 23.2 Å². The summed E-state index contributed by atoms with van der Waals surface area (Å²) in [5, 5.41) is 12.8. The molecule has 0 fully saturated rings. The predicted molar refractivity (Wildman–Crippen MR) is 57.1 cm³/mol. The Labute approximate surface area is 85.6 Å². The van der Waals surface area contributed by atoms with Gasteiger partial charge in [-0.15, -0.1) is 21.5 Å². The van der Waals surface area contributed by atoms with E-state index in [2.05, 4.69) is 21.6 Å². The third kappa shape index (κ3) is 1.69. The van der Waals surface area contributed by atoms with Crippen molar-refractivity contribution in [1.29, 1.82) is 0 Å². The number of hydrogen-bond donors (Lipinski definition) is 2. The van der Waals surface area contributed by atoms with Crippen LogP contribution in [0.1, 0.15) is 4.88 Å². The van der Waals surface area contributed by atoms with Gasteiger partial charge >= 0.3 is 0 Å². The van der Waals surface area contributed by atoms with Crippen LogP contribution in [0.15, 0.2) is 17.5 Å². The van der Waals surface area contributed by atoms with Crippen LogP contribution in [-0.2, 0) is 13.6 Å². The molecule has 6 heteroatoms. The smallest absolute Gasteiger partial charge is 0.226 e. The number of nitrogen functional groups attached to an aromatic ring is 1. The summed E-state index contributed by atoms with van der Waals surface area (Å²) in [5.74, 6) is 1.11. The fourth-order valence-corrected chi connectivity index (χ4v) is 1.72. The molecule has 5 nitrogen and oxygen atoms in total. The highest BCUT2D eigenvalue weighted by Crippen LogP contribution is 2.11. The Balaban J connectivity index is 2.02. The number of aromatic nitrogens is 3. The summed E-state index contributed by atoms with van der Waals surface area (Å²) < 4.78 is 1.72. The monoisotopic (exact) mass is 209 g/mol. The van der Waals surface area contributed by atoms with Crippen LogP contribution < -0.4 is 11.1 Å². The Morgan fingerprint density at radius 2 is 2.43 bits per heavy atom. The van der Waals surface area contributed by atoms with Crippen molar-refractivity contribution in [2.45, 2.75) is 6.54 Å². The Morgan fingerprint density at radius 1 is 1.57 bits per heavy atom. The summed E-state index contributed by atoms with van der Waals surface area (Å²) in [5.41, 5.74) is 5.54. The zero-order chi connectivity index (χ0) is 9.97. The zero-order valence-electron chi connectivity index (χ0n) is 7.77. The van der Waals surface area contributed by atoms with Gasteiger partial charge in [-0.1, -0.05) is 6.07 Å². The second kappa shape index (κ2) is 3.67. The molecule has 0 saturated carbocycles. The van der Waals surface area contributed by atoms with Gasteiger partial charge in [0.1, 0.15) is 0 Å². The van der Waals surface area contributed by atoms with E-state index in [1.807, 2.05) is 18.5 Å². The normalized spacial score (nSPS) is 10.4. The highest BCUT2D eigenvalue weighted by Gasteiger charge is 2.04. The molecule has 0 aliphatic carbocycles. The Morgan fingerprint density at radius 3 is 3.00 bits per heavy atom. The van der Waals surface area contributed by atoms with Gasteiger partial charge in [0, 0.05) is 11.9 Å². The van der Waals surface area contributed by atoms with Crippen molar-refractivity contribution in [1.82, 2.24) is 14.8 Å². The first kappa shape index (κ1) is 9.01. The molecular formula is C8H11N5S. The summed E-state index contributed by atoms with van der Waals surface area (Å²) >= 11 is 1.70. The van der Waals surface area contributed by atoms with Crippen molar-refractivity contribution in [3.05, 3.63) is 22.4 Å². The van der Waals surface area contributed by atoms with E-state index < -0.39 is 0 Å². The van der Waals surface area contributed by atoms with Gasteiger partial charge < -0.3 is 11.1 Å². The average Bonchev–Trinajstić information content (AvgIpc) is 2.77. The van der Waals surface area contributed by atoms with E-state index in [0.29, 0.717) is 11.9 Å². The van der Waals surface area contributed by atoms with Crippen LogP contribution >= 0.6 is 11.3 Å². The number of nitrogens with zero attached hydrogens (tertiary/aromatic N) is 3. The van der Waals surface area contributed by atoms with Crippen molar-refractivity contribution in [2.75, 3.05) is 11.1 Å². The van der Waals surface area contributed by atoms with Gasteiger partial charge in [0.2, 0.25) is 11.9 Å². The highest BCUT2D eigenvalue weighted by atomic mass is 32.1. The van der Waals surface area contributed by atoms with Crippen LogP contribution in [0.25, 0.3) is 0 Å². The van der Waals surface area contributed by atoms with Gasteiger partial charge in [-0.25, -0.2) is 0 Å². The molecule has 0 aliphatic heterocycles. The molecule has 0 unspecified atom stereocenters. The van der Waals surface area contributed by atoms with Crippen molar-refractivity contribution in [2.24, 2.45) is 7.05 Å². The zero-order valence-corrected chi connectivity index (χ0v) is 8.58. The van der Waals surface area contributed by atoms with Crippen molar-refractivity contribution in [3.8, 4) is 0 Å². The first-order chi connectivity index (χ1) is 6.77. The lowest BCUT2D eigenvalue weighted by Crippen LogP contribution is -2.05. The van der Waals surface area contributed by atoms with Crippen LogP contribution in [0.5, 0.6) is 0 Å². The number of anilines is 2. The van der Waals surface area contributed by atoms with E-state index in [9.17, 15) is 0 Å². The van der Waals surface area contributed by atoms with Gasteiger partial charge in [0.15, 0.2) is 0 Å². The number of nitrogens with one attached hydrogen (secondary N) is 1. The first-order valence-electron chi connectivity index (χ1n) is 4.18. The molecule has 2 heterocycles. The molecule has 0 radical (unpaired) electrons. The minimum absolute atomic E-state index is 0.415. The summed E-state index contributed by atoms with van der Waals surface area (Å²) in [6.07, 6.45) is 0. The standard InChI is InChI=1S/C8H11N5S/c1-13-7(9)11-12-8(13)10-5-6-3-2-4-14-6/h2-4H,5H2,1H3,(H2,9,11)(H,10,12). The minimum Gasteiger partial charge on any atom is -0.368 e. The highest BCUT2D eigenvalue weighted by molar-refractivity contribution is 7.09. The topological polar surface area (TPSA) is 68.8 Å². The Bertz CT molecular complexity index is 405. The predicted octanol–water partition coefficient (Wildman–Crippen LogP) is 1.07. The molecule has 3 N–H and O–H groups in total. The van der Waals surface area contributed by atoms with Crippen LogP contribution in [0.2, 0.25) is 0 Å². The van der Waals surface area contributed by atoms with E-state index in [0.717, 1.165) is 6.54 Å².